The molecule has 2 unspecified atom stereocenters. The van der Waals surface area contributed by atoms with Crippen molar-refractivity contribution >= 4 is 28.6 Å². The van der Waals surface area contributed by atoms with Crippen LogP contribution in [0.4, 0.5) is 4.79 Å². The highest BCUT2D eigenvalue weighted by Crippen LogP contribution is 2.32. The van der Waals surface area contributed by atoms with E-state index in [1.165, 1.54) is 0 Å². The van der Waals surface area contributed by atoms with E-state index in [4.69, 9.17) is 0 Å². The number of urea groups is 1. The Morgan fingerprint density at radius 2 is 1.80 bits per heavy atom. The maximum atomic E-state index is 12.5. The summed E-state index contributed by atoms with van der Waals surface area (Å²) in [5.74, 6) is -0.953. The minimum atomic E-state index is -1.15. The van der Waals surface area contributed by atoms with Crippen molar-refractivity contribution < 1.29 is 18.6 Å². The largest absolute Gasteiger partial charge is 0.330 e. The minimum absolute atomic E-state index is 0.106. The molecule has 1 aliphatic heterocycles. The van der Waals surface area contributed by atoms with Gasteiger partial charge in [0.15, 0.2) is 0 Å². The summed E-state index contributed by atoms with van der Waals surface area (Å²) in [4.78, 5) is 37.3. The fourth-order valence-electron chi connectivity index (χ4n) is 2.29. The van der Waals surface area contributed by atoms with E-state index in [0.717, 1.165) is 4.90 Å². The highest BCUT2D eigenvalue weighted by atomic mass is 32.2. The van der Waals surface area contributed by atoms with Gasteiger partial charge in [-0.3, -0.25) is 24.0 Å². The average Bonchev–Trinajstić information content (AvgIpc) is 2.39. The summed E-state index contributed by atoms with van der Waals surface area (Å²) in [7, 11) is -1.00. The third-order valence-electron chi connectivity index (χ3n) is 4.09. The second kappa shape index (κ2) is 6.47. The molecule has 0 bridgehead atoms. The molecule has 0 saturated carbocycles. The second-order valence-electron chi connectivity index (χ2n) is 5.10. The second-order valence-corrected chi connectivity index (χ2v) is 6.91. The summed E-state index contributed by atoms with van der Waals surface area (Å²) in [5.41, 5.74) is -1.15. The van der Waals surface area contributed by atoms with Crippen molar-refractivity contribution in [1.82, 2.24) is 10.2 Å². The van der Waals surface area contributed by atoms with Crippen molar-refractivity contribution in [2.45, 2.75) is 45.3 Å². The molecule has 20 heavy (non-hydrogen) atoms. The van der Waals surface area contributed by atoms with Crippen LogP contribution in [0.5, 0.6) is 0 Å². The van der Waals surface area contributed by atoms with Gasteiger partial charge in [-0.1, -0.05) is 20.8 Å². The van der Waals surface area contributed by atoms with E-state index in [-0.39, 0.29) is 11.8 Å². The zero-order chi connectivity index (χ0) is 15.5. The highest BCUT2D eigenvalue weighted by molar-refractivity contribution is 7.84. The van der Waals surface area contributed by atoms with Crippen LogP contribution in [0.15, 0.2) is 0 Å². The molecule has 1 N–H and O–H groups in total. The van der Waals surface area contributed by atoms with Gasteiger partial charge in [0.25, 0.3) is 0 Å². The SMILES string of the molecule is CCC1(CC)C(=O)NC(=O)N(CCC(C)S(C)=O)C1=O. The lowest BCUT2D eigenvalue weighted by Crippen LogP contribution is -2.63. The number of carbonyl (C=O) groups is 3. The van der Waals surface area contributed by atoms with E-state index in [0.29, 0.717) is 19.3 Å². The maximum absolute atomic E-state index is 12.5. The number of rotatable bonds is 6. The Balaban J connectivity index is 2.90. The fraction of sp³-hybridized carbons (Fsp3) is 0.769. The molecule has 4 amide bonds. The molecule has 0 aromatic rings. The van der Waals surface area contributed by atoms with Crippen molar-refractivity contribution in [1.29, 1.82) is 0 Å². The molecule has 2 atom stereocenters. The van der Waals surface area contributed by atoms with Crippen LogP contribution in [-0.2, 0) is 20.4 Å². The van der Waals surface area contributed by atoms with Gasteiger partial charge in [0.1, 0.15) is 5.41 Å². The summed E-state index contributed by atoms with van der Waals surface area (Å²) in [6.07, 6.45) is 2.76. The van der Waals surface area contributed by atoms with Crippen molar-refractivity contribution in [3.05, 3.63) is 0 Å². The lowest BCUT2D eigenvalue weighted by molar-refractivity contribution is -0.152. The van der Waals surface area contributed by atoms with Crippen molar-refractivity contribution in [2.75, 3.05) is 12.8 Å². The fourth-order valence-corrected chi connectivity index (χ4v) is 2.72. The molecule has 0 aromatic carbocycles. The van der Waals surface area contributed by atoms with Gasteiger partial charge in [0.05, 0.1) is 0 Å². The first-order valence-corrected chi connectivity index (χ1v) is 8.41. The van der Waals surface area contributed by atoms with Gasteiger partial charge < -0.3 is 0 Å². The van der Waals surface area contributed by atoms with Crippen LogP contribution in [0.25, 0.3) is 0 Å². The van der Waals surface area contributed by atoms with Gasteiger partial charge in [-0.05, 0) is 19.3 Å². The standard InChI is InChI=1S/C13H22N2O4S/c1-5-13(6-2)10(16)14-12(18)15(11(13)17)8-7-9(3)20(4)19/h9H,5-8H2,1-4H3,(H,14,16,18). The monoisotopic (exact) mass is 302 g/mol. The van der Waals surface area contributed by atoms with E-state index in [2.05, 4.69) is 5.32 Å². The molecular formula is C13H22N2O4S. The lowest BCUT2D eigenvalue weighted by Gasteiger charge is -2.38. The summed E-state index contributed by atoms with van der Waals surface area (Å²) < 4.78 is 11.3. The van der Waals surface area contributed by atoms with E-state index >= 15 is 0 Å². The zero-order valence-corrected chi connectivity index (χ0v) is 13.2. The number of nitrogens with one attached hydrogen (secondary N) is 1. The van der Waals surface area contributed by atoms with Gasteiger partial charge in [0.2, 0.25) is 11.8 Å². The molecule has 114 valence electrons. The molecule has 6 nitrogen and oxygen atoms in total. The Labute approximate surface area is 121 Å². The van der Waals surface area contributed by atoms with Gasteiger partial charge in [0, 0.05) is 28.9 Å². The number of carbonyl (C=O) groups excluding carboxylic acids is 3. The van der Waals surface area contributed by atoms with Crippen LogP contribution in [0.2, 0.25) is 0 Å². The molecule has 0 radical (unpaired) electrons. The van der Waals surface area contributed by atoms with E-state index in [9.17, 15) is 18.6 Å². The smallest absolute Gasteiger partial charge is 0.277 e. The van der Waals surface area contributed by atoms with Crippen LogP contribution >= 0.6 is 0 Å². The first-order valence-electron chi connectivity index (χ1n) is 6.79. The molecule has 1 saturated heterocycles. The summed E-state index contributed by atoms with van der Waals surface area (Å²) >= 11 is 0. The Morgan fingerprint density at radius 1 is 1.25 bits per heavy atom. The highest BCUT2D eigenvalue weighted by Gasteiger charge is 2.51. The van der Waals surface area contributed by atoms with Crippen LogP contribution < -0.4 is 5.32 Å². The van der Waals surface area contributed by atoms with Crippen LogP contribution in [0.3, 0.4) is 0 Å². The number of nitrogens with zero attached hydrogens (tertiary/aromatic N) is 1. The topological polar surface area (TPSA) is 83.6 Å². The third kappa shape index (κ3) is 2.92. The minimum Gasteiger partial charge on any atom is -0.277 e. The van der Waals surface area contributed by atoms with Crippen LogP contribution in [0.1, 0.15) is 40.0 Å². The molecule has 0 aliphatic carbocycles. The van der Waals surface area contributed by atoms with E-state index in [1.807, 2.05) is 0 Å². The molecule has 0 aromatic heterocycles. The normalized spacial score (nSPS) is 21.6. The maximum Gasteiger partial charge on any atom is 0.330 e. The predicted octanol–water partition coefficient (Wildman–Crippen LogP) is 1.03. The quantitative estimate of drug-likeness (QED) is 0.743. The summed E-state index contributed by atoms with van der Waals surface area (Å²) in [6.45, 7) is 5.51. The van der Waals surface area contributed by atoms with Gasteiger partial charge >= 0.3 is 6.03 Å². The molecule has 7 heteroatoms. The number of barbiturate groups is 1. The Kier molecular flexibility index (Phi) is 5.44. The van der Waals surface area contributed by atoms with Gasteiger partial charge in [-0.15, -0.1) is 0 Å². The average molecular weight is 302 g/mol. The molecule has 1 heterocycles. The Hall–Kier alpha value is -1.24. The lowest BCUT2D eigenvalue weighted by atomic mass is 9.78. The summed E-state index contributed by atoms with van der Waals surface area (Å²) in [6, 6.07) is -0.674. The first-order chi connectivity index (χ1) is 9.30. The number of amides is 4. The molecule has 1 fully saturated rings. The molecule has 1 aliphatic rings. The number of hydrogen-bond acceptors (Lipinski definition) is 4. The number of imide groups is 2. The van der Waals surface area contributed by atoms with E-state index in [1.54, 1.807) is 27.0 Å². The Morgan fingerprint density at radius 3 is 2.25 bits per heavy atom. The van der Waals surface area contributed by atoms with Gasteiger partial charge in [-0.2, -0.15) is 0 Å². The van der Waals surface area contributed by atoms with Gasteiger partial charge in [-0.25, -0.2) is 4.79 Å². The van der Waals surface area contributed by atoms with Crippen molar-refractivity contribution in [3.8, 4) is 0 Å². The summed E-state index contributed by atoms with van der Waals surface area (Å²) in [5, 5.41) is 2.15. The van der Waals surface area contributed by atoms with Crippen LogP contribution in [0, 0.1) is 5.41 Å². The van der Waals surface area contributed by atoms with Crippen LogP contribution in [-0.4, -0.2) is 45.0 Å². The Bertz CT molecular complexity index is 446. The van der Waals surface area contributed by atoms with E-state index < -0.39 is 34.1 Å². The zero-order valence-electron chi connectivity index (χ0n) is 12.4. The van der Waals surface area contributed by atoms with Crippen molar-refractivity contribution in [3.63, 3.8) is 0 Å². The number of hydrogen-bond donors (Lipinski definition) is 1. The molecule has 1 rings (SSSR count). The predicted molar refractivity (Wildman–Crippen MR) is 76.4 cm³/mol. The molecule has 0 spiro atoms. The molecular weight excluding hydrogens is 280 g/mol. The van der Waals surface area contributed by atoms with Crippen molar-refractivity contribution in [2.24, 2.45) is 5.41 Å². The third-order valence-corrected chi connectivity index (χ3v) is 5.46. The first kappa shape index (κ1) is 16.8.